The molecule has 0 saturated heterocycles. The normalized spacial score (nSPS) is 12.2. The van der Waals surface area contributed by atoms with Gasteiger partial charge in [-0.15, -0.1) is 0 Å². The van der Waals surface area contributed by atoms with Crippen LogP contribution in [0.25, 0.3) is 4.85 Å². The van der Waals surface area contributed by atoms with Crippen LogP contribution in [0.3, 0.4) is 0 Å². The zero-order chi connectivity index (χ0) is 38.0. The van der Waals surface area contributed by atoms with Crippen LogP contribution in [0.15, 0.2) is 97.1 Å². The molecule has 0 amide bonds. The van der Waals surface area contributed by atoms with Crippen molar-refractivity contribution in [1.82, 2.24) is 0 Å². The van der Waals surface area contributed by atoms with Gasteiger partial charge in [-0.25, -0.2) is 15.4 Å². The van der Waals surface area contributed by atoms with Gasteiger partial charge in [0.25, 0.3) is 0 Å². The van der Waals surface area contributed by atoms with E-state index < -0.39 is 19.3 Å². The summed E-state index contributed by atoms with van der Waals surface area (Å²) in [5, 5.41) is 18.7. The SMILES string of the molecule is CC(=O)c1cccc(C)c1.CC(F)(F)[Si](C)(C)C.Cc1cccc(C(C)O)c1.Cc1cccc(C=O)c1.[C-]#[N+]C(C)(O)c1cccc(C)c1. The fraction of sp³-hybridized carbons (Fsp3) is 0.341. The van der Waals surface area contributed by atoms with Crippen LogP contribution in [0.1, 0.15) is 87.9 Å². The van der Waals surface area contributed by atoms with Crippen molar-refractivity contribution in [3.63, 3.8) is 0 Å². The van der Waals surface area contributed by atoms with Crippen molar-refractivity contribution < 1.29 is 28.6 Å². The number of benzene rings is 4. The Labute approximate surface area is 293 Å². The lowest BCUT2D eigenvalue weighted by atomic mass is 10.0. The first-order valence-electron chi connectivity index (χ1n) is 15.9. The number of nitrogens with zero attached hydrogens (tertiary/aromatic N) is 1. The third-order valence-electron chi connectivity index (χ3n) is 7.23. The minimum Gasteiger partial charge on any atom is -0.389 e. The molecule has 264 valence electrons. The molecule has 0 radical (unpaired) electrons. The van der Waals surface area contributed by atoms with Crippen molar-refractivity contribution in [1.29, 1.82) is 0 Å². The Morgan fingerprint density at radius 1 is 0.796 bits per heavy atom. The van der Waals surface area contributed by atoms with Gasteiger partial charge in [0.1, 0.15) is 14.4 Å². The smallest absolute Gasteiger partial charge is 0.358 e. The summed E-state index contributed by atoms with van der Waals surface area (Å²) in [6.45, 7) is 25.5. The number of carbonyl (C=O) groups is 2. The number of aldehydes is 1. The van der Waals surface area contributed by atoms with E-state index in [1.54, 1.807) is 45.6 Å². The first-order valence-corrected chi connectivity index (χ1v) is 19.4. The van der Waals surface area contributed by atoms with Crippen LogP contribution in [-0.4, -0.2) is 35.9 Å². The second kappa shape index (κ2) is 20.9. The van der Waals surface area contributed by atoms with Gasteiger partial charge < -0.3 is 10.2 Å². The number of rotatable bonds is 5. The molecule has 4 rings (SSSR count). The van der Waals surface area contributed by atoms with Crippen LogP contribution in [0.4, 0.5) is 8.78 Å². The summed E-state index contributed by atoms with van der Waals surface area (Å²) < 4.78 is 24.6. The second-order valence-corrected chi connectivity index (χ2v) is 18.6. The molecule has 2 unspecified atom stereocenters. The molecular weight excluding hydrogens is 637 g/mol. The van der Waals surface area contributed by atoms with Gasteiger partial charge in [0, 0.05) is 18.1 Å². The largest absolute Gasteiger partial charge is 0.389 e. The van der Waals surface area contributed by atoms with Gasteiger partial charge >= 0.3 is 5.72 Å². The van der Waals surface area contributed by atoms with Gasteiger partial charge in [-0.1, -0.05) is 115 Å². The van der Waals surface area contributed by atoms with Gasteiger partial charge in [-0.3, -0.25) is 14.4 Å². The Morgan fingerprint density at radius 3 is 1.53 bits per heavy atom. The highest BCUT2D eigenvalue weighted by Crippen LogP contribution is 2.25. The van der Waals surface area contributed by atoms with Crippen LogP contribution >= 0.6 is 0 Å². The zero-order valence-electron chi connectivity index (χ0n) is 30.8. The van der Waals surface area contributed by atoms with Crippen LogP contribution in [-0.2, 0) is 5.72 Å². The molecule has 4 aromatic carbocycles. The van der Waals surface area contributed by atoms with E-state index in [1.807, 2.05) is 113 Å². The second-order valence-electron chi connectivity index (χ2n) is 13.2. The van der Waals surface area contributed by atoms with E-state index >= 15 is 0 Å². The number of aliphatic hydroxyl groups is 2. The predicted octanol–water partition coefficient (Wildman–Crippen LogP) is 10.7. The van der Waals surface area contributed by atoms with Crippen molar-refractivity contribution in [3.05, 3.63) is 153 Å². The third-order valence-corrected chi connectivity index (χ3v) is 9.86. The van der Waals surface area contributed by atoms with Gasteiger partial charge in [0.15, 0.2) is 5.78 Å². The van der Waals surface area contributed by atoms with Gasteiger partial charge in [-0.2, -0.15) is 0 Å². The molecule has 0 aromatic heterocycles. The molecule has 0 aliphatic carbocycles. The van der Waals surface area contributed by atoms with Crippen molar-refractivity contribution in [2.24, 2.45) is 0 Å². The van der Waals surface area contributed by atoms with Crippen LogP contribution in [0, 0.1) is 34.3 Å². The van der Waals surface area contributed by atoms with Crippen molar-refractivity contribution in [3.8, 4) is 0 Å². The number of hydrogen-bond acceptors (Lipinski definition) is 4. The Morgan fingerprint density at radius 2 is 1.22 bits per heavy atom. The molecule has 0 bridgehead atoms. The first-order chi connectivity index (χ1) is 22.5. The van der Waals surface area contributed by atoms with E-state index in [9.17, 15) is 23.5 Å². The summed E-state index contributed by atoms with van der Waals surface area (Å²) >= 11 is 0. The number of aryl methyl sites for hydroxylation is 4. The van der Waals surface area contributed by atoms with E-state index in [4.69, 9.17) is 11.7 Å². The molecule has 0 aliphatic rings. The highest BCUT2D eigenvalue weighted by Gasteiger charge is 2.39. The lowest BCUT2D eigenvalue weighted by Gasteiger charge is -2.23. The number of hydrogen-bond donors (Lipinski definition) is 2. The summed E-state index contributed by atoms with van der Waals surface area (Å²) in [4.78, 5) is 24.1. The van der Waals surface area contributed by atoms with Crippen LogP contribution in [0.2, 0.25) is 19.6 Å². The average molecular weight is 690 g/mol. The number of aliphatic hydroxyl groups excluding tert-OH is 1. The predicted molar refractivity (Wildman–Crippen MR) is 201 cm³/mol. The van der Waals surface area contributed by atoms with E-state index in [0.717, 1.165) is 46.6 Å². The topological polar surface area (TPSA) is 79.0 Å². The van der Waals surface area contributed by atoms with E-state index in [0.29, 0.717) is 5.56 Å². The van der Waals surface area contributed by atoms with E-state index in [-0.39, 0.29) is 11.9 Å². The van der Waals surface area contributed by atoms with Gasteiger partial charge in [0.05, 0.1) is 11.7 Å². The van der Waals surface area contributed by atoms with Gasteiger partial charge in [0.2, 0.25) is 5.55 Å². The lowest BCUT2D eigenvalue weighted by molar-refractivity contribution is 0.101. The summed E-state index contributed by atoms with van der Waals surface area (Å²) in [6, 6.07) is 30.3. The molecular formula is C41H53F2NO4Si. The molecule has 49 heavy (non-hydrogen) atoms. The van der Waals surface area contributed by atoms with E-state index in [2.05, 4.69) is 4.85 Å². The number of ketones is 1. The number of halogens is 2. The molecule has 4 aromatic rings. The quantitative estimate of drug-likeness (QED) is 0.0946. The zero-order valence-corrected chi connectivity index (χ0v) is 31.8. The first kappa shape index (κ1) is 44.7. The summed E-state index contributed by atoms with van der Waals surface area (Å²) in [7, 11) is -2.19. The lowest BCUT2D eigenvalue weighted by Crippen LogP contribution is -2.42. The molecule has 0 fully saturated rings. The fourth-order valence-corrected chi connectivity index (χ4v) is 3.54. The Balaban J connectivity index is 0.000000592. The molecule has 5 nitrogen and oxygen atoms in total. The highest BCUT2D eigenvalue weighted by molar-refractivity contribution is 6.78. The monoisotopic (exact) mass is 689 g/mol. The molecule has 2 N–H and O–H groups in total. The Hall–Kier alpha value is -4.29. The van der Waals surface area contributed by atoms with Crippen LogP contribution in [0.5, 0.6) is 0 Å². The molecule has 2 atom stereocenters. The Kier molecular flexibility index (Phi) is 19.1. The molecule has 0 spiro atoms. The van der Waals surface area contributed by atoms with Crippen molar-refractivity contribution in [2.45, 2.75) is 92.4 Å². The number of Topliss-reactive ketones (excluding diaryl/α,β-unsaturated/α-hetero) is 1. The minimum absolute atomic E-state index is 0.128. The third kappa shape index (κ3) is 18.7. The van der Waals surface area contributed by atoms with Crippen LogP contribution < -0.4 is 0 Å². The minimum atomic E-state index is -2.42. The maximum Gasteiger partial charge on any atom is 0.358 e. The maximum atomic E-state index is 12.3. The molecule has 8 heteroatoms. The van der Waals surface area contributed by atoms with Crippen molar-refractivity contribution >= 4 is 20.1 Å². The molecule has 0 heterocycles. The number of alkyl halides is 2. The molecule has 0 aliphatic heterocycles. The highest BCUT2D eigenvalue weighted by atomic mass is 28.3. The molecule has 0 saturated carbocycles. The maximum absolute atomic E-state index is 12.3. The van der Waals surface area contributed by atoms with Gasteiger partial charge in [-0.05, 0) is 78.3 Å². The summed E-state index contributed by atoms with van der Waals surface area (Å²) in [6.07, 6.45) is 0.507. The average Bonchev–Trinajstić information content (AvgIpc) is 3.01. The standard InChI is InChI=1S/C10H11NO.C9H12O.C9H10O.C8H8O.C5H12F2Si/c1-8-5-4-6-9(7-8)10(2,12)11-3;2*1-7-4-3-5-9(6-7)8(2)10;1-7-3-2-4-8(5-7)6-9;1-5(6,7)8(2,3)4/h4-7,12H,1-2H3;3-6,8,10H,1-2H3;3-6H,1-2H3;2-6H,1H3;1-4H3. The number of carbonyl (C=O) groups excluding carboxylic acids is 2. The van der Waals surface area contributed by atoms with Crippen molar-refractivity contribution in [2.75, 3.05) is 0 Å². The van der Waals surface area contributed by atoms with E-state index in [1.165, 1.54) is 12.5 Å². The summed E-state index contributed by atoms with van der Waals surface area (Å²) in [5.41, 5.74) is 3.87. The fourth-order valence-electron chi connectivity index (χ4n) is 3.54. The summed E-state index contributed by atoms with van der Waals surface area (Å²) in [5.74, 6) is 0.128. The Bertz CT molecular complexity index is 1640.